The molecule has 0 bridgehead atoms. The fraction of sp³-hybridized carbons (Fsp3) is 0. The molecule has 0 saturated heterocycles. The summed E-state index contributed by atoms with van der Waals surface area (Å²) in [4.78, 5) is 55.3. The average molecular weight is 638 g/mol. The number of rotatable bonds is 7. The quantitative estimate of drug-likeness (QED) is 0.136. The number of benzene rings is 6. The summed E-state index contributed by atoms with van der Waals surface area (Å²) in [5.74, 6) is 0.241. The molecule has 234 valence electrons. The van der Waals surface area contributed by atoms with Gasteiger partial charge < -0.3 is 10.6 Å². The van der Waals surface area contributed by atoms with Gasteiger partial charge in [-0.25, -0.2) is 4.90 Å². The number of nitrogens with zero attached hydrogens (tertiary/aromatic N) is 1. The van der Waals surface area contributed by atoms with Crippen LogP contribution in [0.15, 0.2) is 146 Å². The second kappa shape index (κ2) is 13.0. The van der Waals surface area contributed by atoms with E-state index in [1.54, 1.807) is 30.3 Å². The van der Waals surface area contributed by atoms with Crippen LogP contribution < -0.4 is 15.5 Å². The fourth-order valence-corrected chi connectivity index (χ4v) is 5.73. The Morgan fingerprint density at radius 3 is 1.43 bits per heavy atom. The maximum atomic E-state index is 13.7. The van der Waals surface area contributed by atoms with E-state index < -0.39 is 23.6 Å². The molecular weight excluding hydrogens is 610 g/mol. The highest BCUT2D eigenvalue weighted by atomic mass is 16.2. The first-order valence-electron chi connectivity index (χ1n) is 15.5. The van der Waals surface area contributed by atoms with E-state index in [2.05, 4.69) is 16.6 Å². The normalized spacial score (nSPS) is 11.9. The van der Waals surface area contributed by atoms with Gasteiger partial charge in [-0.1, -0.05) is 90.8 Å². The van der Waals surface area contributed by atoms with Gasteiger partial charge in [-0.3, -0.25) is 19.2 Å². The van der Waals surface area contributed by atoms with Crippen molar-refractivity contribution in [2.75, 3.05) is 15.5 Å². The van der Waals surface area contributed by atoms with Crippen LogP contribution in [-0.4, -0.2) is 23.6 Å². The van der Waals surface area contributed by atoms with Crippen molar-refractivity contribution in [3.05, 3.63) is 173 Å². The predicted octanol–water partition coefficient (Wildman–Crippen LogP) is 8.31. The minimum atomic E-state index is -0.603. The van der Waals surface area contributed by atoms with E-state index in [0.29, 0.717) is 16.9 Å². The summed E-state index contributed by atoms with van der Waals surface area (Å²) >= 11 is 0. The van der Waals surface area contributed by atoms with Gasteiger partial charge in [0.15, 0.2) is 0 Å². The Morgan fingerprint density at radius 2 is 0.959 bits per heavy atom. The predicted molar refractivity (Wildman–Crippen MR) is 192 cm³/mol. The van der Waals surface area contributed by atoms with E-state index in [1.807, 2.05) is 84.9 Å². The van der Waals surface area contributed by atoms with E-state index in [4.69, 9.17) is 6.42 Å². The number of nitrogens with one attached hydrogen (secondary N) is 2. The maximum absolute atomic E-state index is 13.7. The molecule has 0 aromatic heterocycles. The Bertz CT molecular complexity index is 2180. The third-order valence-electron chi connectivity index (χ3n) is 8.25. The zero-order valence-corrected chi connectivity index (χ0v) is 26.0. The minimum absolute atomic E-state index is 0.0742. The van der Waals surface area contributed by atoms with Gasteiger partial charge in [-0.2, -0.15) is 0 Å². The monoisotopic (exact) mass is 637 g/mol. The summed E-state index contributed by atoms with van der Waals surface area (Å²) in [6, 6.07) is 43.2. The third kappa shape index (κ3) is 6.22. The molecule has 7 nitrogen and oxygen atoms in total. The third-order valence-corrected chi connectivity index (χ3v) is 8.25. The lowest BCUT2D eigenvalue weighted by atomic mass is 10.0. The van der Waals surface area contributed by atoms with Crippen molar-refractivity contribution < 1.29 is 19.2 Å². The zero-order chi connectivity index (χ0) is 33.9. The van der Waals surface area contributed by atoms with Crippen LogP contribution in [0.25, 0.3) is 22.3 Å². The molecule has 0 unspecified atom stereocenters. The van der Waals surface area contributed by atoms with Gasteiger partial charge in [0.25, 0.3) is 23.6 Å². The van der Waals surface area contributed by atoms with Gasteiger partial charge in [0, 0.05) is 28.1 Å². The molecule has 6 aromatic carbocycles. The van der Waals surface area contributed by atoms with Gasteiger partial charge in [0.05, 0.1) is 16.8 Å². The van der Waals surface area contributed by atoms with Gasteiger partial charge >= 0.3 is 0 Å². The van der Waals surface area contributed by atoms with Crippen molar-refractivity contribution in [1.29, 1.82) is 0 Å². The molecule has 0 saturated carbocycles. The van der Waals surface area contributed by atoms with Crippen molar-refractivity contribution >= 4 is 40.7 Å². The Kier molecular flexibility index (Phi) is 8.11. The molecule has 6 aromatic rings. The van der Waals surface area contributed by atoms with Crippen LogP contribution in [0.3, 0.4) is 0 Å². The second-order valence-electron chi connectivity index (χ2n) is 11.4. The van der Waals surface area contributed by atoms with E-state index in [0.717, 1.165) is 27.2 Å². The number of hydrogen-bond acceptors (Lipinski definition) is 4. The molecule has 0 spiro atoms. The van der Waals surface area contributed by atoms with Crippen LogP contribution >= 0.6 is 0 Å². The fourth-order valence-electron chi connectivity index (χ4n) is 5.73. The molecule has 7 heteroatoms. The van der Waals surface area contributed by atoms with E-state index in [-0.39, 0.29) is 27.9 Å². The maximum Gasteiger partial charge on any atom is 0.266 e. The summed E-state index contributed by atoms with van der Waals surface area (Å²) in [6.45, 7) is 0. The SMILES string of the molecule is C#Cc1ccc2c(c1)C(=O)N(c1cc(C(=O)Nc3ccc(-c4ccccc4)cc3)cc(C(=O)Nc3ccc(-c4ccccc4)cc3)c1)C2=O. The number of amides is 4. The molecule has 4 amide bonds. The largest absolute Gasteiger partial charge is 0.322 e. The van der Waals surface area contributed by atoms with Gasteiger partial charge in [0.2, 0.25) is 0 Å². The van der Waals surface area contributed by atoms with Crippen molar-refractivity contribution in [2.24, 2.45) is 0 Å². The Morgan fingerprint density at radius 1 is 0.510 bits per heavy atom. The van der Waals surface area contributed by atoms with Gasteiger partial charge in [-0.05, 0) is 82.9 Å². The Labute approximate surface area is 282 Å². The lowest BCUT2D eigenvalue weighted by Crippen LogP contribution is -2.30. The molecule has 1 aliphatic heterocycles. The number of imide groups is 1. The first-order valence-corrected chi connectivity index (χ1v) is 15.5. The summed E-state index contributed by atoms with van der Waals surface area (Å²) in [7, 11) is 0. The molecule has 0 atom stereocenters. The van der Waals surface area contributed by atoms with Crippen molar-refractivity contribution in [3.8, 4) is 34.6 Å². The standard InChI is InChI=1S/C42H27N3O4/c1-2-27-13-22-37-38(23-27)42(49)45(41(37)48)36-25-32(39(46)43-34-18-14-30(15-19-34)28-9-5-3-6-10-28)24-33(26-36)40(47)44-35-20-16-31(17-21-35)29-11-7-4-8-12-29/h1,3-26H,(H,43,46)(H,44,47). The molecule has 1 heterocycles. The summed E-state index contributed by atoms with van der Waals surface area (Å²) in [6.07, 6.45) is 5.53. The highest BCUT2D eigenvalue weighted by molar-refractivity contribution is 6.35. The first-order chi connectivity index (χ1) is 23.9. The van der Waals surface area contributed by atoms with Crippen molar-refractivity contribution in [2.45, 2.75) is 0 Å². The smallest absolute Gasteiger partial charge is 0.266 e. The average Bonchev–Trinajstić information content (AvgIpc) is 3.40. The van der Waals surface area contributed by atoms with Gasteiger partial charge in [-0.15, -0.1) is 6.42 Å². The number of fused-ring (bicyclic) bond motifs is 1. The van der Waals surface area contributed by atoms with Crippen LogP contribution in [0.4, 0.5) is 17.1 Å². The number of carbonyl (C=O) groups excluding carboxylic acids is 4. The van der Waals surface area contributed by atoms with Crippen LogP contribution in [0.5, 0.6) is 0 Å². The van der Waals surface area contributed by atoms with E-state index >= 15 is 0 Å². The summed E-state index contributed by atoms with van der Waals surface area (Å²) in [5.41, 5.74) is 6.11. The zero-order valence-electron chi connectivity index (χ0n) is 26.0. The molecule has 0 aliphatic carbocycles. The number of carbonyl (C=O) groups is 4. The Hall–Kier alpha value is -7.04. The summed E-state index contributed by atoms with van der Waals surface area (Å²) in [5, 5.41) is 5.73. The topological polar surface area (TPSA) is 95.6 Å². The van der Waals surface area contributed by atoms with Crippen LogP contribution in [0.1, 0.15) is 47.0 Å². The number of terminal acetylenes is 1. The minimum Gasteiger partial charge on any atom is -0.322 e. The molecule has 1 aliphatic rings. The first kappa shape index (κ1) is 30.6. The Balaban J connectivity index is 1.20. The molecule has 2 N–H and O–H groups in total. The van der Waals surface area contributed by atoms with Crippen molar-refractivity contribution in [3.63, 3.8) is 0 Å². The molecule has 0 fully saturated rings. The lowest BCUT2D eigenvalue weighted by Gasteiger charge is -2.17. The second-order valence-corrected chi connectivity index (χ2v) is 11.4. The van der Waals surface area contributed by atoms with E-state index in [1.165, 1.54) is 30.3 Å². The molecule has 49 heavy (non-hydrogen) atoms. The highest BCUT2D eigenvalue weighted by Gasteiger charge is 2.37. The van der Waals surface area contributed by atoms with Gasteiger partial charge in [0.1, 0.15) is 0 Å². The van der Waals surface area contributed by atoms with E-state index in [9.17, 15) is 19.2 Å². The molecule has 0 radical (unpaired) electrons. The van der Waals surface area contributed by atoms with Crippen LogP contribution in [0.2, 0.25) is 0 Å². The summed E-state index contributed by atoms with van der Waals surface area (Å²) < 4.78 is 0. The highest BCUT2D eigenvalue weighted by Crippen LogP contribution is 2.31. The number of anilines is 3. The number of hydrogen-bond donors (Lipinski definition) is 2. The molecule has 7 rings (SSSR count). The van der Waals surface area contributed by atoms with Crippen LogP contribution in [-0.2, 0) is 0 Å². The lowest BCUT2D eigenvalue weighted by molar-refractivity contribution is 0.0922. The van der Waals surface area contributed by atoms with Crippen molar-refractivity contribution in [1.82, 2.24) is 0 Å². The van der Waals surface area contributed by atoms with Crippen LogP contribution in [0, 0.1) is 12.3 Å². The molecular formula is C42H27N3O4.